The molecule has 6 heterocycles. The van der Waals surface area contributed by atoms with Gasteiger partial charge in [0.1, 0.15) is 58.8 Å². The molecular weight excluding hydrogens is 912 g/mol. The number of halogens is 1. The van der Waals surface area contributed by atoms with Crippen LogP contribution in [0.2, 0.25) is 0 Å². The van der Waals surface area contributed by atoms with Crippen molar-refractivity contribution in [2.45, 2.75) is 191 Å². The molecule has 12 rings (SSSR count). The van der Waals surface area contributed by atoms with Crippen LogP contribution < -0.4 is 0 Å². The Morgan fingerprint density at radius 3 is 1.07 bits per heavy atom. The molecule has 0 bridgehead atoms. The van der Waals surface area contributed by atoms with Gasteiger partial charge in [-0.2, -0.15) is 0 Å². The van der Waals surface area contributed by atoms with Crippen molar-refractivity contribution in [3.8, 4) is 0 Å². The number of rotatable bonds is 11. The number of carbonyl (C=O) groups is 1. The van der Waals surface area contributed by atoms with Gasteiger partial charge in [-0.25, -0.2) is 0 Å². The lowest BCUT2D eigenvalue weighted by molar-refractivity contribution is -0.253. The van der Waals surface area contributed by atoms with E-state index in [1.165, 1.54) is 0 Å². The van der Waals surface area contributed by atoms with Crippen LogP contribution in [0.5, 0.6) is 0 Å². The summed E-state index contributed by atoms with van der Waals surface area (Å²) in [7, 11) is 0. The van der Waals surface area contributed by atoms with Crippen molar-refractivity contribution < 1.29 is 71.8 Å². The smallest absolute Gasteiger partial charge is 0.190 e. The summed E-state index contributed by atoms with van der Waals surface area (Å²) in [6.45, 7) is 12.8. The largest absolute Gasteiger partial charge is 0.396 e. The van der Waals surface area contributed by atoms with E-state index in [-0.39, 0.29) is 82.6 Å². The van der Waals surface area contributed by atoms with Crippen molar-refractivity contribution in [2.75, 3.05) is 13.2 Å². The third-order valence-corrected chi connectivity index (χ3v) is 14.8. The minimum atomic E-state index is -0.848. The molecule has 6 saturated heterocycles. The molecule has 16 heteroatoms. The highest BCUT2D eigenvalue weighted by molar-refractivity contribution is 6.35. The second kappa shape index (κ2) is 19.8. The molecule has 3 aromatic carbocycles. The predicted octanol–water partition coefficient (Wildman–Crippen LogP) is 7.33. The molecule has 3 aromatic rings. The van der Waals surface area contributed by atoms with Crippen molar-refractivity contribution in [3.63, 3.8) is 0 Å². The summed E-state index contributed by atoms with van der Waals surface area (Å²) in [5, 5.41) is 18.2. The van der Waals surface area contributed by atoms with Gasteiger partial charge in [0.2, 0.25) is 0 Å². The number of aliphatic hydroxyl groups excluding tert-OH is 2. The van der Waals surface area contributed by atoms with Crippen LogP contribution in [0.25, 0.3) is 0 Å². The quantitative estimate of drug-likeness (QED) is 0.183. The Bertz CT molecular complexity index is 2100. The molecule has 3 spiro atoms. The first-order valence-electron chi connectivity index (χ1n) is 23.4. The monoisotopic (exact) mass is 982 g/mol. The maximum Gasteiger partial charge on any atom is 0.190 e. The van der Waals surface area contributed by atoms with E-state index in [2.05, 4.69) is 0 Å². The third kappa shape index (κ3) is 10.1. The molecule has 0 radical (unpaired) electrons. The van der Waals surface area contributed by atoms with Gasteiger partial charge in [-0.15, -0.1) is 11.6 Å². The summed E-state index contributed by atoms with van der Waals surface area (Å²) >= 11 is 6.26. The van der Waals surface area contributed by atoms with Crippen LogP contribution in [-0.2, 0) is 81.5 Å². The Labute approximate surface area is 411 Å². The molecule has 69 heavy (non-hydrogen) atoms. The second-order valence-corrected chi connectivity index (χ2v) is 20.9. The maximum atomic E-state index is 11.7. The number of aliphatic hydroxyl groups is 2. The second-order valence-electron chi connectivity index (χ2n) is 20.4. The number of Topliss-reactive ketones (excluding diaryl/α,β-unsaturated/α-hetero) is 1. The number of ether oxygens (including phenoxy) is 12. The fourth-order valence-electron chi connectivity index (χ4n) is 10.8. The van der Waals surface area contributed by atoms with Gasteiger partial charge >= 0.3 is 0 Å². The molecule has 9 fully saturated rings. The zero-order chi connectivity index (χ0) is 47.0. The Kier molecular flexibility index (Phi) is 15.0. The average Bonchev–Trinajstić information content (AvgIpc) is 3.88. The van der Waals surface area contributed by atoms with Crippen molar-refractivity contribution in [3.05, 3.63) is 108 Å². The lowest BCUT2D eigenvalue weighted by Gasteiger charge is -2.45. The number of benzene rings is 3. The first-order valence-corrected chi connectivity index (χ1v) is 23.9. The van der Waals surface area contributed by atoms with Crippen LogP contribution in [0.1, 0.15) is 92.3 Å². The zero-order valence-electron chi connectivity index (χ0n) is 38.8. The Hall–Kier alpha value is -2.94. The van der Waals surface area contributed by atoms with Crippen LogP contribution in [0, 0.1) is 11.8 Å². The number of alkyl halides is 1. The standard InChI is InChI=1S/C17H19ClO5.2C17H22O5.2CH4/c1-16(2)21-12-14(20-9-10-6-4-3-5-7-10)17(23-15(12)22-16)8-11(19)13(17)18;2*1-16(2)20-13-14(19-10-11-6-4-3-5-7-11)17(8-12(17)9-18)22-15(13)21-16;;/h3-7,12-15H,8-9H2,1-2H3;2*3-7,12-15,18H,8-10H2,1-2H3;2*1H4/t12-,13?,14?,15-,17-;12-,13+,14?,15+,17+;12-,13-,14?,15-,17-;;/m010../s1. The summed E-state index contributed by atoms with van der Waals surface area (Å²) < 4.78 is 72.0. The number of hydrogen-bond acceptors (Lipinski definition) is 15. The molecule has 15 atom stereocenters. The van der Waals surface area contributed by atoms with Crippen molar-refractivity contribution in [1.82, 2.24) is 0 Å². The lowest BCUT2D eigenvalue weighted by atomic mass is 9.74. The van der Waals surface area contributed by atoms with E-state index in [0.29, 0.717) is 19.8 Å². The molecule has 2 N–H and O–H groups in total. The first-order chi connectivity index (χ1) is 32.0. The molecule has 9 aliphatic rings. The van der Waals surface area contributed by atoms with E-state index in [1.54, 1.807) is 0 Å². The topological polar surface area (TPSA) is 168 Å². The molecule has 380 valence electrons. The highest BCUT2D eigenvalue weighted by Gasteiger charge is 2.74. The number of ketones is 1. The Morgan fingerprint density at radius 2 is 0.797 bits per heavy atom. The van der Waals surface area contributed by atoms with Crippen molar-refractivity contribution in [1.29, 1.82) is 0 Å². The molecular formula is C53H71ClO15. The van der Waals surface area contributed by atoms with Crippen LogP contribution in [0.3, 0.4) is 0 Å². The van der Waals surface area contributed by atoms with E-state index in [0.717, 1.165) is 29.5 Å². The molecule has 0 aromatic heterocycles. The molecule has 15 nitrogen and oxygen atoms in total. The van der Waals surface area contributed by atoms with Gasteiger partial charge in [0, 0.05) is 31.5 Å². The summed E-state index contributed by atoms with van der Waals surface area (Å²) in [6, 6.07) is 29.9. The van der Waals surface area contributed by atoms with Crippen LogP contribution >= 0.6 is 11.6 Å². The van der Waals surface area contributed by atoms with Gasteiger partial charge in [0.25, 0.3) is 0 Å². The predicted molar refractivity (Wildman–Crippen MR) is 251 cm³/mol. The zero-order valence-corrected chi connectivity index (χ0v) is 39.6. The Morgan fingerprint density at radius 1 is 0.493 bits per heavy atom. The number of hydrogen-bond donors (Lipinski definition) is 2. The summed E-state index contributed by atoms with van der Waals surface area (Å²) in [5.41, 5.74) is 1.52. The number of carbonyl (C=O) groups excluding carboxylic acids is 1. The van der Waals surface area contributed by atoms with E-state index >= 15 is 0 Å². The van der Waals surface area contributed by atoms with E-state index in [4.69, 9.17) is 68.4 Å². The number of fused-ring (bicyclic) bond motifs is 3. The minimum absolute atomic E-state index is 0. The Balaban J connectivity index is 0.000000138. The molecule has 3 aliphatic carbocycles. The molecule has 4 unspecified atom stereocenters. The van der Waals surface area contributed by atoms with Gasteiger partial charge in [-0.3, -0.25) is 4.79 Å². The third-order valence-electron chi connectivity index (χ3n) is 14.2. The van der Waals surface area contributed by atoms with Crippen molar-refractivity contribution in [2.24, 2.45) is 11.8 Å². The highest BCUT2D eigenvalue weighted by atomic mass is 35.5. The highest BCUT2D eigenvalue weighted by Crippen LogP contribution is 2.60. The van der Waals surface area contributed by atoms with Gasteiger partial charge in [-0.05, 0) is 71.1 Å². The van der Waals surface area contributed by atoms with Crippen LogP contribution in [0.15, 0.2) is 91.0 Å². The SMILES string of the molecule is C.C.CC1(C)O[C@H]2O[C@]3(CC(=O)C3Cl)C(OCc3ccccc3)[C@@H]2O1.CC1(C)O[C@H]2O[C@]3(C[C@@H]3CO)C(OCc3ccccc3)[C@@H]2O1.CC1(C)O[C@H]2O[C@]3(C[C@H]3CO)C(OCc3ccccc3)[C@@H]2O1. The fraction of sp³-hybridized carbons (Fsp3) is 0.642. The van der Waals surface area contributed by atoms with Gasteiger partial charge in [0.05, 0.1) is 19.8 Å². The minimum Gasteiger partial charge on any atom is -0.396 e. The molecule has 6 aliphatic heterocycles. The van der Waals surface area contributed by atoms with E-state index in [1.807, 2.05) is 133 Å². The van der Waals surface area contributed by atoms with E-state index in [9.17, 15) is 15.0 Å². The summed E-state index contributed by atoms with van der Waals surface area (Å²) in [6.07, 6.45) is -1.27. The average molecular weight is 984 g/mol. The normalized spacial score (nSPS) is 40.3. The van der Waals surface area contributed by atoms with E-state index < -0.39 is 64.5 Å². The van der Waals surface area contributed by atoms with Gasteiger partial charge < -0.3 is 67.1 Å². The summed E-state index contributed by atoms with van der Waals surface area (Å²) in [4.78, 5) is 11.7. The molecule has 3 saturated carbocycles. The van der Waals surface area contributed by atoms with Crippen molar-refractivity contribution >= 4 is 17.4 Å². The van der Waals surface area contributed by atoms with Gasteiger partial charge in [-0.1, -0.05) is 106 Å². The molecule has 0 amide bonds. The van der Waals surface area contributed by atoms with Crippen LogP contribution in [0.4, 0.5) is 0 Å². The lowest BCUT2D eigenvalue weighted by Crippen LogP contribution is -2.64. The maximum absolute atomic E-state index is 11.7. The summed E-state index contributed by atoms with van der Waals surface area (Å²) in [5.74, 6) is -1.87. The van der Waals surface area contributed by atoms with Crippen LogP contribution in [-0.4, -0.2) is 124 Å². The fourth-order valence-corrected chi connectivity index (χ4v) is 11.2. The van der Waals surface area contributed by atoms with Gasteiger partial charge in [0.15, 0.2) is 42.0 Å². The first kappa shape index (κ1) is 52.4.